The molecule has 1 amide bonds. The van der Waals surface area contributed by atoms with E-state index in [2.05, 4.69) is 5.32 Å². The second-order valence-corrected chi connectivity index (χ2v) is 5.86. The summed E-state index contributed by atoms with van der Waals surface area (Å²) in [6, 6.07) is 3.91. The van der Waals surface area contributed by atoms with E-state index >= 15 is 0 Å². The number of carbonyl (C=O) groups excluding carboxylic acids is 1. The van der Waals surface area contributed by atoms with Crippen molar-refractivity contribution in [3.63, 3.8) is 0 Å². The van der Waals surface area contributed by atoms with Crippen LogP contribution in [0, 0.1) is 0 Å². The molecule has 0 unspecified atom stereocenters. The van der Waals surface area contributed by atoms with Gasteiger partial charge in [0, 0.05) is 17.4 Å². The van der Waals surface area contributed by atoms with Crippen molar-refractivity contribution in [2.24, 2.45) is 0 Å². The lowest BCUT2D eigenvalue weighted by Crippen LogP contribution is -2.36. The average molecular weight is 255 g/mol. The molecule has 0 saturated carbocycles. The van der Waals surface area contributed by atoms with Crippen LogP contribution in [0.5, 0.6) is 11.5 Å². The highest BCUT2D eigenvalue weighted by Crippen LogP contribution is 2.23. The Morgan fingerprint density at radius 3 is 2.59 bits per heavy atom. The number of benzene rings is 1. The first-order valence-electron chi connectivity index (χ1n) is 5.21. The van der Waals surface area contributed by atoms with Crippen molar-refractivity contribution in [1.82, 2.24) is 5.32 Å². The predicted molar refractivity (Wildman–Crippen MR) is 69.7 cm³/mol. The van der Waals surface area contributed by atoms with Gasteiger partial charge in [-0.2, -0.15) is 11.8 Å². The van der Waals surface area contributed by atoms with Crippen LogP contribution in [0.4, 0.5) is 0 Å². The standard InChI is InChI=1S/C12H17NO3S/c1-12(2,17-3)7-13-11(16)9-5-4-8(14)6-10(9)15/h4-6,14-15H,7H2,1-3H3,(H,13,16). The van der Waals surface area contributed by atoms with Gasteiger partial charge in [0.25, 0.3) is 5.91 Å². The highest BCUT2D eigenvalue weighted by Gasteiger charge is 2.18. The molecule has 0 aliphatic heterocycles. The second-order valence-electron chi connectivity index (χ2n) is 4.35. The molecule has 1 aromatic rings. The normalized spacial score (nSPS) is 11.2. The maximum absolute atomic E-state index is 11.8. The van der Waals surface area contributed by atoms with Gasteiger partial charge >= 0.3 is 0 Å². The Morgan fingerprint density at radius 2 is 2.06 bits per heavy atom. The van der Waals surface area contributed by atoms with Gasteiger partial charge in [-0.3, -0.25) is 4.79 Å². The first-order valence-corrected chi connectivity index (χ1v) is 6.43. The number of carbonyl (C=O) groups is 1. The lowest BCUT2D eigenvalue weighted by Gasteiger charge is -2.22. The maximum Gasteiger partial charge on any atom is 0.255 e. The number of aromatic hydroxyl groups is 2. The van der Waals surface area contributed by atoms with E-state index in [1.165, 1.54) is 12.1 Å². The molecule has 0 aliphatic carbocycles. The molecule has 0 atom stereocenters. The lowest BCUT2D eigenvalue weighted by atomic mass is 10.1. The smallest absolute Gasteiger partial charge is 0.255 e. The molecular formula is C12H17NO3S. The van der Waals surface area contributed by atoms with Crippen molar-refractivity contribution in [3.05, 3.63) is 23.8 Å². The number of phenolic OH excluding ortho intramolecular Hbond substituents is 2. The molecule has 0 heterocycles. The van der Waals surface area contributed by atoms with Crippen LogP contribution in [0.3, 0.4) is 0 Å². The molecule has 1 rings (SSSR count). The van der Waals surface area contributed by atoms with Gasteiger partial charge in [-0.15, -0.1) is 0 Å². The van der Waals surface area contributed by atoms with Crippen LogP contribution in [0.25, 0.3) is 0 Å². The quantitative estimate of drug-likeness (QED) is 0.769. The summed E-state index contributed by atoms with van der Waals surface area (Å²) >= 11 is 1.65. The Labute approximate surface area is 105 Å². The summed E-state index contributed by atoms with van der Waals surface area (Å²) < 4.78 is -0.0534. The van der Waals surface area contributed by atoms with Crippen LogP contribution < -0.4 is 5.32 Å². The highest BCUT2D eigenvalue weighted by molar-refractivity contribution is 7.99. The summed E-state index contributed by atoms with van der Waals surface area (Å²) in [6.07, 6.45) is 1.98. The Kier molecular flexibility index (Phi) is 4.28. The van der Waals surface area contributed by atoms with Crippen LogP contribution >= 0.6 is 11.8 Å². The number of phenols is 2. The Morgan fingerprint density at radius 1 is 1.41 bits per heavy atom. The maximum atomic E-state index is 11.8. The molecule has 3 N–H and O–H groups in total. The van der Waals surface area contributed by atoms with Crippen LogP contribution in [0.2, 0.25) is 0 Å². The number of nitrogens with one attached hydrogen (secondary N) is 1. The third-order valence-corrected chi connectivity index (χ3v) is 3.70. The fourth-order valence-electron chi connectivity index (χ4n) is 1.17. The van der Waals surface area contributed by atoms with E-state index in [-0.39, 0.29) is 27.7 Å². The van der Waals surface area contributed by atoms with Crippen molar-refractivity contribution < 1.29 is 15.0 Å². The number of rotatable bonds is 4. The second kappa shape index (κ2) is 5.31. The van der Waals surface area contributed by atoms with E-state index in [9.17, 15) is 9.90 Å². The number of hydrogen-bond donors (Lipinski definition) is 3. The summed E-state index contributed by atoms with van der Waals surface area (Å²) in [4.78, 5) is 11.8. The zero-order chi connectivity index (χ0) is 13.1. The molecule has 4 nitrogen and oxygen atoms in total. The van der Waals surface area contributed by atoms with Crippen molar-refractivity contribution in [2.75, 3.05) is 12.8 Å². The zero-order valence-electron chi connectivity index (χ0n) is 10.2. The third kappa shape index (κ3) is 3.85. The summed E-state index contributed by atoms with van der Waals surface area (Å²) in [6.45, 7) is 4.55. The SMILES string of the molecule is CSC(C)(C)CNC(=O)c1ccc(O)cc1O. The summed E-state index contributed by atoms with van der Waals surface area (Å²) in [5.74, 6) is -0.627. The molecule has 1 aromatic carbocycles. The Hall–Kier alpha value is -1.36. The fraction of sp³-hybridized carbons (Fsp3) is 0.417. The first-order chi connectivity index (χ1) is 7.85. The van der Waals surface area contributed by atoms with Gasteiger partial charge in [-0.25, -0.2) is 0 Å². The van der Waals surface area contributed by atoms with Crippen LogP contribution in [0.1, 0.15) is 24.2 Å². The van der Waals surface area contributed by atoms with Crippen molar-refractivity contribution >= 4 is 17.7 Å². The fourth-order valence-corrected chi connectivity index (χ4v) is 1.39. The Balaban J connectivity index is 2.71. The minimum absolute atomic E-state index is 0.0534. The van der Waals surface area contributed by atoms with E-state index < -0.39 is 0 Å². The molecular weight excluding hydrogens is 238 g/mol. The summed E-state index contributed by atoms with van der Waals surface area (Å²) in [5.41, 5.74) is 0.166. The highest BCUT2D eigenvalue weighted by atomic mass is 32.2. The van der Waals surface area contributed by atoms with E-state index in [1.807, 2.05) is 20.1 Å². The molecule has 0 aliphatic rings. The van der Waals surface area contributed by atoms with Gasteiger partial charge < -0.3 is 15.5 Å². The summed E-state index contributed by atoms with van der Waals surface area (Å²) in [7, 11) is 0. The molecule has 0 aromatic heterocycles. The average Bonchev–Trinajstić information content (AvgIpc) is 2.26. The van der Waals surface area contributed by atoms with Gasteiger partial charge in [0.15, 0.2) is 0 Å². The Bertz CT molecular complexity index is 418. The third-order valence-electron chi connectivity index (χ3n) is 2.45. The molecule has 94 valence electrons. The molecule has 0 fully saturated rings. The number of thioether (sulfide) groups is 1. The van der Waals surface area contributed by atoms with E-state index in [4.69, 9.17) is 5.11 Å². The molecule has 0 spiro atoms. The molecule has 0 saturated heterocycles. The van der Waals surface area contributed by atoms with Crippen molar-refractivity contribution in [3.8, 4) is 11.5 Å². The van der Waals surface area contributed by atoms with Gasteiger partial charge in [-0.05, 0) is 32.2 Å². The molecule has 0 bridgehead atoms. The van der Waals surface area contributed by atoms with E-state index in [0.29, 0.717) is 6.54 Å². The van der Waals surface area contributed by atoms with Crippen LogP contribution in [-0.2, 0) is 0 Å². The first kappa shape index (κ1) is 13.7. The lowest BCUT2D eigenvalue weighted by molar-refractivity contribution is 0.0948. The monoisotopic (exact) mass is 255 g/mol. The van der Waals surface area contributed by atoms with Crippen LogP contribution in [-0.4, -0.2) is 33.7 Å². The minimum atomic E-state index is -0.343. The van der Waals surface area contributed by atoms with E-state index in [0.717, 1.165) is 6.07 Å². The number of hydrogen-bond acceptors (Lipinski definition) is 4. The van der Waals surface area contributed by atoms with Gasteiger partial charge in [0.05, 0.1) is 5.56 Å². The molecule has 0 radical (unpaired) electrons. The van der Waals surface area contributed by atoms with E-state index in [1.54, 1.807) is 11.8 Å². The minimum Gasteiger partial charge on any atom is -0.508 e. The van der Waals surface area contributed by atoms with Gasteiger partial charge in [-0.1, -0.05) is 0 Å². The van der Waals surface area contributed by atoms with Gasteiger partial charge in [0.1, 0.15) is 11.5 Å². The van der Waals surface area contributed by atoms with Crippen molar-refractivity contribution in [1.29, 1.82) is 0 Å². The van der Waals surface area contributed by atoms with Crippen molar-refractivity contribution in [2.45, 2.75) is 18.6 Å². The summed E-state index contributed by atoms with van der Waals surface area (Å²) in [5, 5.41) is 21.4. The molecule has 5 heteroatoms. The van der Waals surface area contributed by atoms with Crippen LogP contribution in [0.15, 0.2) is 18.2 Å². The largest absolute Gasteiger partial charge is 0.508 e. The number of amides is 1. The predicted octanol–water partition coefficient (Wildman–Crippen LogP) is 1.97. The topological polar surface area (TPSA) is 69.6 Å². The zero-order valence-corrected chi connectivity index (χ0v) is 11.0. The molecule has 17 heavy (non-hydrogen) atoms. The van der Waals surface area contributed by atoms with Gasteiger partial charge in [0.2, 0.25) is 0 Å².